The van der Waals surface area contributed by atoms with Gasteiger partial charge in [0.1, 0.15) is 5.82 Å². The number of likely N-dealkylation sites (tertiary alicyclic amines) is 1. The van der Waals surface area contributed by atoms with E-state index >= 15 is 0 Å². The predicted molar refractivity (Wildman–Crippen MR) is 120 cm³/mol. The first-order valence-corrected chi connectivity index (χ1v) is 11.4. The second-order valence-electron chi connectivity index (χ2n) is 9.02. The van der Waals surface area contributed by atoms with Crippen LogP contribution in [0.5, 0.6) is 0 Å². The number of halogens is 1. The Morgan fingerprint density at radius 3 is 2.42 bits per heavy atom. The van der Waals surface area contributed by atoms with Gasteiger partial charge in [-0.05, 0) is 42.9 Å². The zero-order chi connectivity index (χ0) is 21.8. The van der Waals surface area contributed by atoms with Crippen molar-refractivity contribution in [3.05, 3.63) is 59.9 Å². The van der Waals surface area contributed by atoms with Gasteiger partial charge in [0.2, 0.25) is 11.8 Å². The van der Waals surface area contributed by atoms with E-state index in [0.29, 0.717) is 31.5 Å². The van der Waals surface area contributed by atoms with Crippen LogP contribution in [0.15, 0.2) is 48.5 Å². The first kappa shape index (κ1) is 21.5. The molecule has 5 heteroatoms. The summed E-state index contributed by atoms with van der Waals surface area (Å²) in [4.78, 5) is 28.1. The highest BCUT2D eigenvalue weighted by Gasteiger charge is 2.46. The molecule has 2 aromatic rings. The van der Waals surface area contributed by atoms with Crippen molar-refractivity contribution in [3.63, 3.8) is 0 Å². The molecule has 1 atom stereocenters. The van der Waals surface area contributed by atoms with Crippen LogP contribution in [0.4, 0.5) is 4.39 Å². The van der Waals surface area contributed by atoms with Gasteiger partial charge in [-0.15, -0.1) is 0 Å². The number of carbonyl (C=O) groups excluding carboxylic acids is 2. The van der Waals surface area contributed by atoms with Crippen molar-refractivity contribution in [1.29, 1.82) is 0 Å². The molecule has 4 nitrogen and oxygen atoms in total. The molecule has 0 bridgehead atoms. The number of nitrogens with one attached hydrogen (secondary N) is 1. The zero-order valence-corrected chi connectivity index (χ0v) is 18.2. The van der Waals surface area contributed by atoms with Crippen LogP contribution in [0.1, 0.15) is 44.1 Å². The van der Waals surface area contributed by atoms with E-state index in [2.05, 4.69) is 5.32 Å². The summed E-state index contributed by atoms with van der Waals surface area (Å²) in [5.74, 6) is -0.0212. The summed E-state index contributed by atoms with van der Waals surface area (Å²) in [6.07, 6.45) is 6.44. The third kappa shape index (κ3) is 4.36. The highest BCUT2D eigenvalue weighted by molar-refractivity contribution is 5.86. The number of rotatable bonds is 5. The van der Waals surface area contributed by atoms with E-state index in [9.17, 15) is 14.0 Å². The van der Waals surface area contributed by atoms with Gasteiger partial charge in [-0.1, -0.05) is 61.7 Å². The molecule has 31 heavy (non-hydrogen) atoms. The average Bonchev–Trinajstić information content (AvgIpc) is 3.24. The van der Waals surface area contributed by atoms with E-state index < -0.39 is 5.41 Å². The maximum Gasteiger partial charge on any atom is 0.228 e. The number of benzene rings is 2. The average molecular weight is 423 g/mol. The molecule has 2 amide bonds. The van der Waals surface area contributed by atoms with Gasteiger partial charge in [-0.2, -0.15) is 0 Å². The van der Waals surface area contributed by atoms with Crippen molar-refractivity contribution in [2.24, 2.45) is 11.3 Å². The molecule has 0 radical (unpaired) electrons. The maximum atomic E-state index is 14.5. The van der Waals surface area contributed by atoms with Crippen LogP contribution in [0.3, 0.4) is 0 Å². The summed E-state index contributed by atoms with van der Waals surface area (Å²) in [6, 6.07) is 14.4. The van der Waals surface area contributed by atoms with Crippen LogP contribution in [-0.4, -0.2) is 36.9 Å². The molecule has 2 fully saturated rings. The second kappa shape index (κ2) is 9.21. The van der Waals surface area contributed by atoms with Crippen molar-refractivity contribution in [2.45, 2.75) is 44.9 Å². The van der Waals surface area contributed by atoms with Crippen LogP contribution in [0.25, 0.3) is 11.1 Å². The lowest BCUT2D eigenvalue weighted by molar-refractivity contribution is -0.137. The van der Waals surface area contributed by atoms with E-state index in [-0.39, 0.29) is 23.5 Å². The number of hydrogen-bond acceptors (Lipinski definition) is 2. The molecule has 1 heterocycles. The van der Waals surface area contributed by atoms with Gasteiger partial charge in [-0.3, -0.25) is 9.59 Å². The number of hydrogen-bond donors (Lipinski definition) is 1. The largest absolute Gasteiger partial charge is 0.359 e. The molecule has 0 spiro atoms. The fourth-order valence-electron chi connectivity index (χ4n) is 5.32. The molecule has 1 saturated carbocycles. The van der Waals surface area contributed by atoms with Crippen LogP contribution in [-0.2, 0) is 16.0 Å². The van der Waals surface area contributed by atoms with Gasteiger partial charge in [0.25, 0.3) is 0 Å². The summed E-state index contributed by atoms with van der Waals surface area (Å²) in [5, 5.41) is 2.83. The first-order valence-electron chi connectivity index (χ1n) is 11.4. The second-order valence-corrected chi connectivity index (χ2v) is 9.02. The zero-order valence-electron chi connectivity index (χ0n) is 18.2. The summed E-state index contributed by atoms with van der Waals surface area (Å²) >= 11 is 0. The van der Waals surface area contributed by atoms with Crippen molar-refractivity contribution < 1.29 is 14.0 Å². The van der Waals surface area contributed by atoms with Crippen molar-refractivity contribution in [3.8, 4) is 11.1 Å². The smallest absolute Gasteiger partial charge is 0.228 e. The molecule has 164 valence electrons. The summed E-state index contributed by atoms with van der Waals surface area (Å²) in [5.41, 5.74) is 1.59. The van der Waals surface area contributed by atoms with Gasteiger partial charge in [0.05, 0.1) is 5.41 Å². The molecule has 1 N–H and O–H groups in total. The van der Waals surface area contributed by atoms with E-state index in [1.807, 2.05) is 35.2 Å². The van der Waals surface area contributed by atoms with Crippen LogP contribution >= 0.6 is 0 Å². The Bertz CT molecular complexity index is 954. The van der Waals surface area contributed by atoms with Gasteiger partial charge in [0.15, 0.2) is 0 Å². The Kier molecular flexibility index (Phi) is 6.40. The van der Waals surface area contributed by atoms with Gasteiger partial charge < -0.3 is 10.2 Å². The first-order chi connectivity index (χ1) is 15.0. The highest BCUT2D eigenvalue weighted by atomic mass is 19.1. The van der Waals surface area contributed by atoms with Gasteiger partial charge in [0, 0.05) is 31.6 Å². The van der Waals surface area contributed by atoms with Crippen molar-refractivity contribution in [2.75, 3.05) is 20.1 Å². The van der Waals surface area contributed by atoms with Crippen LogP contribution in [0, 0.1) is 17.2 Å². The fourth-order valence-corrected chi connectivity index (χ4v) is 5.32. The third-order valence-corrected chi connectivity index (χ3v) is 7.04. The Labute approximate surface area is 183 Å². The lowest BCUT2D eigenvalue weighted by Gasteiger charge is -2.30. The van der Waals surface area contributed by atoms with Crippen molar-refractivity contribution in [1.82, 2.24) is 10.2 Å². The third-order valence-electron chi connectivity index (χ3n) is 7.04. The van der Waals surface area contributed by atoms with E-state index in [0.717, 1.165) is 36.8 Å². The molecule has 2 aromatic carbocycles. The van der Waals surface area contributed by atoms with E-state index in [4.69, 9.17) is 0 Å². The minimum Gasteiger partial charge on any atom is -0.359 e. The Balaban J connectivity index is 1.61. The topological polar surface area (TPSA) is 49.4 Å². The normalized spacial score (nSPS) is 21.8. The number of carbonyl (C=O) groups is 2. The molecule has 2 aliphatic rings. The quantitative estimate of drug-likeness (QED) is 0.767. The predicted octanol–water partition coefficient (Wildman–Crippen LogP) is 4.58. The summed E-state index contributed by atoms with van der Waals surface area (Å²) in [7, 11) is 1.65. The lowest BCUT2D eigenvalue weighted by atomic mass is 9.78. The molecule has 1 aliphatic carbocycles. The summed E-state index contributed by atoms with van der Waals surface area (Å²) < 4.78 is 14.5. The van der Waals surface area contributed by atoms with E-state index in [1.54, 1.807) is 19.2 Å². The van der Waals surface area contributed by atoms with Gasteiger partial charge in [-0.25, -0.2) is 4.39 Å². The minimum absolute atomic E-state index is 0.0465. The standard InChI is InChI=1S/C26H31FN2O2/c1-28-25(31)26(15-16-29(18-26)24(30)19-9-3-2-4-10-19)17-20-11-5-6-12-21(20)22-13-7-8-14-23(22)27/h5-8,11-14,19H,2-4,9-10,15-18H2,1H3,(H,28,31)/t26-/m0/s1. The molecule has 0 unspecified atom stereocenters. The summed E-state index contributed by atoms with van der Waals surface area (Å²) in [6.45, 7) is 1.03. The van der Waals surface area contributed by atoms with Crippen LogP contribution < -0.4 is 5.32 Å². The molecule has 1 aliphatic heterocycles. The van der Waals surface area contributed by atoms with E-state index in [1.165, 1.54) is 12.5 Å². The fraction of sp³-hybridized carbons (Fsp3) is 0.462. The van der Waals surface area contributed by atoms with Crippen molar-refractivity contribution >= 4 is 11.8 Å². The molecule has 4 rings (SSSR count). The minimum atomic E-state index is -0.694. The molecular formula is C26H31FN2O2. The maximum absolute atomic E-state index is 14.5. The lowest BCUT2D eigenvalue weighted by Crippen LogP contribution is -2.45. The van der Waals surface area contributed by atoms with Crippen LogP contribution in [0.2, 0.25) is 0 Å². The molecule has 0 aromatic heterocycles. The Morgan fingerprint density at radius 2 is 1.71 bits per heavy atom. The molecule has 1 saturated heterocycles. The number of nitrogens with zero attached hydrogens (tertiary/aromatic N) is 1. The molecular weight excluding hydrogens is 391 g/mol. The monoisotopic (exact) mass is 422 g/mol. The SMILES string of the molecule is CNC(=O)[C@]1(Cc2ccccc2-c2ccccc2F)CCN(C(=O)C2CCCCC2)C1. The Hall–Kier alpha value is -2.69. The Morgan fingerprint density at radius 1 is 1.03 bits per heavy atom. The highest BCUT2D eigenvalue weighted by Crippen LogP contribution is 2.39. The van der Waals surface area contributed by atoms with Gasteiger partial charge >= 0.3 is 0 Å². The number of amides is 2.